The van der Waals surface area contributed by atoms with Gasteiger partial charge in [0.15, 0.2) is 0 Å². The van der Waals surface area contributed by atoms with Gasteiger partial charge in [-0.3, -0.25) is 4.79 Å². The molecule has 3 heteroatoms. The summed E-state index contributed by atoms with van der Waals surface area (Å²) in [6, 6.07) is 8.85. The third-order valence-corrected chi connectivity index (χ3v) is 1.61. The number of carbonyl (C=O) groups is 1. The molecule has 0 heterocycles. The van der Waals surface area contributed by atoms with Gasteiger partial charge in [0.05, 0.1) is 6.42 Å². The third kappa shape index (κ3) is 2.36. The third-order valence-electron chi connectivity index (χ3n) is 1.61. The van der Waals surface area contributed by atoms with E-state index in [1.807, 2.05) is 30.3 Å². The summed E-state index contributed by atoms with van der Waals surface area (Å²) in [5.74, 6) is -0.614. The van der Waals surface area contributed by atoms with Crippen LogP contribution in [0.1, 0.15) is 18.0 Å². The van der Waals surface area contributed by atoms with Gasteiger partial charge >= 0.3 is 5.97 Å². The van der Waals surface area contributed by atoms with Crippen LogP contribution >= 0.6 is 0 Å². The second-order valence-electron chi connectivity index (χ2n) is 2.59. The first-order valence-electron chi connectivity index (χ1n) is 4.11. The molecule has 0 amide bonds. The molecule has 0 aliphatic rings. The lowest BCUT2D eigenvalue weighted by atomic mass is 10.1. The molecule has 0 saturated heterocycles. The molecule has 0 fully saturated rings. The monoisotopic (exact) mass is 166 g/mol. The summed E-state index contributed by atoms with van der Waals surface area (Å²) in [7, 11) is 0. The zero-order chi connectivity index (χ0) is 9.68. The fraction of sp³-hybridized carbons (Fsp3) is 0.222. The van der Waals surface area contributed by atoms with E-state index in [1.54, 1.807) is 0 Å². The number of hydrogen-bond acceptors (Lipinski definition) is 3. The minimum absolute atomic E-state index is 0.0352. The van der Waals surface area contributed by atoms with Crippen molar-refractivity contribution in [2.75, 3.05) is 0 Å². The van der Waals surface area contributed by atoms with Crippen LogP contribution in [0.25, 0.3) is 1.43 Å². The molecule has 1 atom stereocenters. The van der Waals surface area contributed by atoms with Crippen LogP contribution in [-0.4, -0.2) is 11.1 Å². The van der Waals surface area contributed by atoms with Crippen molar-refractivity contribution in [1.29, 1.82) is 1.43 Å². The van der Waals surface area contributed by atoms with E-state index in [2.05, 4.69) is 5.11 Å². The fourth-order valence-corrected chi connectivity index (χ4v) is 0.998. The maximum Gasteiger partial charge on any atom is 0.305 e. The van der Waals surface area contributed by atoms with Crippen molar-refractivity contribution in [3.63, 3.8) is 0 Å². The second-order valence-corrected chi connectivity index (χ2v) is 2.59. The first-order chi connectivity index (χ1) is 6.24. The van der Waals surface area contributed by atoms with Gasteiger partial charge in [-0.15, -0.1) is 0 Å². The van der Waals surface area contributed by atoms with E-state index in [1.165, 1.54) is 0 Å². The Morgan fingerprint density at radius 2 is 2.25 bits per heavy atom. The number of nitrogens with two attached hydrogens (primary N) is 1. The van der Waals surface area contributed by atoms with Crippen molar-refractivity contribution in [2.24, 2.45) is 5.73 Å². The average Bonchev–Trinajstić information content (AvgIpc) is 2.19. The minimum atomic E-state index is -0.614. The second kappa shape index (κ2) is 3.88. The quantitative estimate of drug-likeness (QED) is 0.708. The van der Waals surface area contributed by atoms with Gasteiger partial charge in [-0.25, -0.2) is 0 Å². The van der Waals surface area contributed by atoms with E-state index in [0.717, 1.165) is 5.56 Å². The van der Waals surface area contributed by atoms with Gasteiger partial charge < -0.3 is 10.8 Å². The number of aliphatic carboxylic acids is 1. The first kappa shape index (κ1) is 7.31. The molecule has 0 radical (unpaired) electrons. The highest BCUT2D eigenvalue weighted by Crippen LogP contribution is 2.12. The number of benzene rings is 1. The van der Waals surface area contributed by atoms with E-state index < -0.39 is 5.97 Å². The molecule has 0 unspecified atom stereocenters. The molecular weight excluding hydrogens is 154 g/mol. The fourth-order valence-electron chi connectivity index (χ4n) is 0.998. The van der Waals surface area contributed by atoms with Crippen molar-refractivity contribution < 1.29 is 9.90 Å². The van der Waals surface area contributed by atoms with Gasteiger partial charge in [-0.05, 0) is 5.56 Å². The first-order valence-corrected chi connectivity index (χ1v) is 3.70. The van der Waals surface area contributed by atoms with Gasteiger partial charge in [0, 0.05) is 6.04 Å². The van der Waals surface area contributed by atoms with E-state index in [0.29, 0.717) is 0 Å². The summed E-state index contributed by atoms with van der Waals surface area (Å²) in [5.41, 5.74) is 6.56. The van der Waals surface area contributed by atoms with Crippen LogP contribution in [0, 0.1) is 0 Å². The standard InChI is InChI=1S/C9H11NO2/c10-8(6-9(11)12)7-4-2-1-3-5-7/h1-5,8H,6,10H2,(H,11,12)/t8-/m1/s1/i/hD. The number of carboxylic acids is 1. The number of rotatable bonds is 3. The molecule has 0 aliphatic heterocycles. The summed E-state index contributed by atoms with van der Waals surface area (Å²) < 4.78 is 6.36. The molecule has 1 rings (SSSR count). The summed E-state index contributed by atoms with van der Waals surface area (Å²) >= 11 is 0. The molecule has 3 N–H and O–H groups in total. The van der Waals surface area contributed by atoms with Gasteiger partial charge in [0.25, 0.3) is 1.43 Å². The molecule has 0 saturated carbocycles. The number of carboxylic acid groups (broad SMARTS) is 1. The molecule has 3 nitrogen and oxygen atoms in total. The van der Waals surface area contributed by atoms with Crippen LogP contribution in [0.2, 0.25) is 0 Å². The SMILES string of the molecule is [2H]OC(=O)C[C@@H](N)c1ccccc1. The van der Waals surface area contributed by atoms with Crippen LogP contribution in [-0.2, 0) is 4.79 Å². The molecule has 1 aromatic carbocycles. The summed E-state index contributed by atoms with van der Waals surface area (Å²) in [4.78, 5) is 10.7. The molecule has 1 aromatic rings. The van der Waals surface area contributed by atoms with Crippen molar-refractivity contribution in [2.45, 2.75) is 12.5 Å². The van der Waals surface area contributed by atoms with Gasteiger partial charge in [0.2, 0.25) is 0 Å². The lowest BCUT2D eigenvalue weighted by Gasteiger charge is -2.07. The number of hydrogen-bond donors (Lipinski definition) is 2. The predicted molar refractivity (Wildman–Crippen MR) is 45.6 cm³/mol. The Kier molecular flexibility index (Phi) is 2.36. The predicted octanol–water partition coefficient (Wildman–Crippen LogP) is 1.16. The summed E-state index contributed by atoms with van der Waals surface area (Å²) in [6.45, 7) is 0. The van der Waals surface area contributed by atoms with Crippen molar-refractivity contribution in [3.8, 4) is 0 Å². The molecule has 0 spiro atoms. The molecule has 12 heavy (non-hydrogen) atoms. The molecule has 0 aromatic heterocycles. The Hall–Kier alpha value is -1.35. The van der Waals surface area contributed by atoms with E-state index in [9.17, 15) is 4.79 Å². The molecule has 0 bridgehead atoms. The Bertz CT molecular complexity index is 276. The van der Waals surface area contributed by atoms with Crippen LogP contribution in [0.3, 0.4) is 0 Å². The Balaban J connectivity index is 2.59. The molecular formula is C9H11NO2. The zero-order valence-corrected chi connectivity index (χ0v) is 6.57. The minimum Gasteiger partial charge on any atom is -0.481 e. The Morgan fingerprint density at radius 3 is 2.83 bits per heavy atom. The maximum atomic E-state index is 10.7. The largest absolute Gasteiger partial charge is 0.481 e. The average molecular weight is 166 g/mol. The smallest absolute Gasteiger partial charge is 0.305 e. The van der Waals surface area contributed by atoms with Gasteiger partial charge in [-0.1, -0.05) is 30.3 Å². The lowest BCUT2D eigenvalue weighted by molar-refractivity contribution is -0.137. The normalized spacial score (nSPS) is 13.2. The maximum absolute atomic E-state index is 10.7. The zero-order valence-electron chi connectivity index (χ0n) is 7.57. The highest BCUT2D eigenvalue weighted by atomic mass is 16.4. The summed E-state index contributed by atoms with van der Waals surface area (Å²) in [6.07, 6.45) is 0.0352. The Morgan fingerprint density at radius 1 is 1.58 bits per heavy atom. The van der Waals surface area contributed by atoms with Crippen LogP contribution in [0.15, 0.2) is 30.3 Å². The van der Waals surface area contributed by atoms with Crippen molar-refractivity contribution in [3.05, 3.63) is 35.9 Å². The lowest BCUT2D eigenvalue weighted by Crippen LogP contribution is -2.14. The Labute approximate surface area is 72.3 Å². The van der Waals surface area contributed by atoms with E-state index in [-0.39, 0.29) is 12.5 Å². The van der Waals surface area contributed by atoms with Crippen LogP contribution in [0.5, 0.6) is 0 Å². The van der Waals surface area contributed by atoms with E-state index >= 15 is 0 Å². The van der Waals surface area contributed by atoms with Crippen LogP contribution in [0.4, 0.5) is 0 Å². The van der Waals surface area contributed by atoms with Crippen LogP contribution < -0.4 is 5.73 Å². The highest BCUT2D eigenvalue weighted by molar-refractivity contribution is 5.67. The van der Waals surface area contributed by atoms with Gasteiger partial charge in [-0.2, -0.15) is 0 Å². The van der Waals surface area contributed by atoms with Gasteiger partial charge in [0.1, 0.15) is 0 Å². The van der Waals surface area contributed by atoms with Crippen molar-refractivity contribution in [1.82, 2.24) is 0 Å². The van der Waals surface area contributed by atoms with Crippen molar-refractivity contribution >= 4 is 5.97 Å². The molecule has 64 valence electrons. The summed E-state index contributed by atoms with van der Waals surface area (Å²) in [5, 5.41) is 3.77. The topological polar surface area (TPSA) is 63.3 Å². The van der Waals surface area contributed by atoms with E-state index in [4.69, 9.17) is 7.16 Å². The highest BCUT2D eigenvalue weighted by Gasteiger charge is 2.08. The molecule has 0 aliphatic carbocycles.